The molecule has 0 aliphatic heterocycles. The van der Waals surface area contributed by atoms with Gasteiger partial charge in [0.15, 0.2) is 0 Å². The molecule has 6 heteroatoms. The van der Waals surface area contributed by atoms with Crippen LogP contribution in [0.2, 0.25) is 0 Å². The molecule has 0 heterocycles. The zero-order valence-corrected chi connectivity index (χ0v) is 14.9. The van der Waals surface area contributed by atoms with Crippen molar-refractivity contribution in [3.63, 3.8) is 0 Å². The second-order valence-corrected chi connectivity index (χ2v) is 7.61. The van der Waals surface area contributed by atoms with E-state index in [1.807, 2.05) is 56.3 Å². The quantitative estimate of drug-likeness (QED) is 0.538. The molecular formula is C18H17Cl2N3O. The Bertz CT molecular complexity index is 800. The molecule has 0 radical (unpaired) electrons. The lowest BCUT2D eigenvalue weighted by molar-refractivity contribution is -0.117. The van der Waals surface area contributed by atoms with Crippen molar-refractivity contribution in [2.75, 3.05) is 5.32 Å². The number of azo groups is 1. The van der Waals surface area contributed by atoms with Crippen molar-refractivity contribution in [1.29, 1.82) is 0 Å². The maximum Gasteiger partial charge on any atom is 0.230 e. The van der Waals surface area contributed by atoms with Crippen molar-refractivity contribution in [2.24, 2.45) is 16.1 Å². The van der Waals surface area contributed by atoms with E-state index in [0.717, 1.165) is 16.8 Å². The van der Waals surface area contributed by atoms with Crippen LogP contribution in [0.4, 0.5) is 17.1 Å². The topological polar surface area (TPSA) is 53.8 Å². The molecule has 1 amide bonds. The first-order chi connectivity index (χ1) is 11.3. The summed E-state index contributed by atoms with van der Waals surface area (Å²) in [5.74, 6) is -0.584. The minimum Gasteiger partial charge on any atom is -0.324 e. The van der Waals surface area contributed by atoms with Crippen LogP contribution in [0.5, 0.6) is 0 Å². The second kappa shape index (κ2) is 6.54. The van der Waals surface area contributed by atoms with Gasteiger partial charge in [-0.2, -0.15) is 5.11 Å². The summed E-state index contributed by atoms with van der Waals surface area (Å²) >= 11 is 11.9. The first-order valence-corrected chi connectivity index (χ1v) is 8.38. The molecule has 0 aromatic heterocycles. The fraction of sp³-hybridized carbons (Fsp3) is 0.278. The number of hydrogen-bond donors (Lipinski definition) is 1. The fourth-order valence-electron chi connectivity index (χ4n) is 2.27. The molecule has 2 aromatic rings. The zero-order valence-electron chi connectivity index (χ0n) is 13.4. The highest BCUT2D eigenvalue weighted by Gasteiger charge is 2.56. The lowest BCUT2D eigenvalue weighted by atomic mass is 10.2. The van der Waals surface area contributed by atoms with E-state index in [-0.39, 0.29) is 11.8 Å². The van der Waals surface area contributed by atoms with E-state index in [1.54, 1.807) is 0 Å². The van der Waals surface area contributed by atoms with Crippen molar-refractivity contribution >= 4 is 46.2 Å². The van der Waals surface area contributed by atoms with E-state index in [0.29, 0.717) is 17.8 Å². The summed E-state index contributed by atoms with van der Waals surface area (Å²) in [4.78, 5) is 12.2. The number of halogens is 2. The number of rotatable bonds is 4. The number of carbonyl (C=O) groups is 1. The highest BCUT2D eigenvalue weighted by molar-refractivity contribution is 6.52. The standard InChI is InChI=1S/C18H17Cl2N3O/c1-11-3-6-13(7-4-11)22-23-16-9-12(2)5-8-15(16)21-17(24)14-10-18(14,19)20/h3-9,14H,10H2,1-2H3,(H,21,24)/t14-/m0/s1. The van der Waals surface area contributed by atoms with Crippen LogP contribution in [0.1, 0.15) is 17.5 Å². The van der Waals surface area contributed by atoms with Crippen LogP contribution >= 0.6 is 23.2 Å². The van der Waals surface area contributed by atoms with Gasteiger partial charge in [-0.3, -0.25) is 4.79 Å². The first-order valence-electron chi connectivity index (χ1n) is 7.63. The van der Waals surface area contributed by atoms with Gasteiger partial charge < -0.3 is 5.32 Å². The summed E-state index contributed by atoms with van der Waals surface area (Å²) in [6.07, 6.45) is 0.466. The van der Waals surface area contributed by atoms with Crippen molar-refractivity contribution in [2.45, 2.75) is 24.6 Å². The Labute approximate surface area is 150 Å². The predicted molar refractivity (Wildman–Crippen MR) is 97.7 cm³/mol. The molecule has 0 spiro atoms. The highest BCUT2D eigenvalue weighted by Crippen LogP contribution is 2.53. The van der Waals surface area contributed by atoms with Crippen molar-refractivity contribution in [3.05, 3.63) is 53.6 Å². The predicted octanol–water partition coefficient (Wildman–Crippen LogP) is 5.85. The molecule has 1 fully saturated rings. The van der Waals surface area contributed by atoms with Gasteiger partial charge in [-0.15, -0.1) is 28.3 Å². The largest absolute Gasteiger partial charge is 0.324 e. The maximum absolute atomic E-state index is 12.2. The lowest BCUT2D eigenvalue weighted by Crippen LogP contribution is -2.16. The van der Waals surface area contributed by atoms with Crippen LogP contribution in [0.3, 0.4) is 0 Å². The van der Waals surface area contributed by atoms with Crippen LogP contribution in [0.25, 0.3) is 0 Å². The molecular weight excluding hydrogens is 345 g/mol. The van der Waals surface area contributed by atoms with Gasteiger partial charge in [0.25, 0.3) is 0 Å². The molecule has 1 saturated carbocycles. The Morgan fingerprint density at radius 3 is 2.33 bits per heavy atom. The molecule has 124 valence electrons. The molecule has 1 aliphatic rings. The number of hydrogen-bond acceptors (Lipinski definition) is 3. The number of amides is 1. The fourth-order valence-corrected chi connectivity index (χ4v) is 2.78. The van der Waals surface area contributed by atoms with Crippen molar-refractivity contribution in [3.8, 4) is 0 Å². The Hall–Kier alpha value is -1.91. The third kappa shape index (κ3) is 3.94. The number of nitrogens with zero attached hydrogens (tertiary/aromatic N) is 2. The first kappa shape index (κ1) is 16.9. The van der Waals surface area contributed by atoms with E-state index in [4.69, 9.17) is 23.2 Å². The molecule has 4 nitrogen and oxygen atoms in total. The lowest BCUT2D eigenvalue weighted by Gasteiger charge is -2.08. The van der Waals surface area contributed by atoms with Gasteiger partial charge in [0.05, 0.1) is 17.3 Å². The summed E-state index contributed by atoms with van der Waals surface area (Å²) in [5, 5.41) is 11.4. The zero-order chi connectivity index (χ0) is 17.3. The summed E-state index contributed by atoms with van der Waals surface area (Å²) < 4.78 is -0.946. The minimum absolute atomic E-state index is 0.198. The van der Waals surface area contributed by atoms with E-state index in [9.17, 15) is 4.79 Å². The minimum atomic E-state index is -0.946. The van der Waals surface area contributed by atoms with Gasteiger partial charge in [0.2, 0.25) is 5.91 Å². The summed E-state index contributed by atoms with van der Waals surface area (Å²) in [7, 11) is 0. The molecule has 1 N–H and O–H groups in total. The Balaban J connectivity index is 1.80. The third-order valence-electron chi connectivity index (χ3n) is 3.86. The molecule has 24 heavy (non-hydrogen) atoms. The van der Waals surface area contributed by atoms with E-state index in [1.165, 1.54) is 0 Å². The molecule has 2 aromatic carbocycles. The van der Waals surface area contributed by atoms with Gasteiger partial charge in [0.1, 0.15) is 10.0 Å². The number of carbonyl (C=O) groups excluding carboxylic acids is 1. The van der Waals surface area contributed by atoms with Gasteiger partial charge in [-0.25, -0.2) is 0 Å². The van der Waals surface area contributed by atoms with E-state index in [2.05, 4.69) is 15.5 Å². The van der Waals surface area contributed by atoms with Gasteiger partial charge in [-0.1, -0.05) is 23.8 Å². The molecule has 0 bridgehead atoms. The van der Waals surface area contributed by atoms with Crippen LogP contribution in [0.15, 0.2) is 52.7 Å². The normalized spacial score (nSPS) is 18.6. The monoisotopic (exact) mass is 361 g/mol. The van der Waals surface area contributed by atoms with Crippen molar-refractivity contribution in [1.82, 2.24) is 0 Å². The maximum atomic E-state index is 12.2. The molecule has 0 saturated heterocycles. The molecule has 1 aliphatic carbocycles. The Morgan fingerprint density at radius 2 is 1.71 bits per heavy atom. The second-order valence-electron chi connectivity index (χ2n) is 6.06. The van der Waals surface area contributed by atoms with Gasteiger partial charge in [0, 0.05) is 0 Å². The molecule has 1 atom stereocenters. The number of nitrogens with one attached hydrogen (secondary N) is 1. The number of benzene rings is 2. The third-order valence-corrected chi connectivity index (χ3v) is 4.70. The van der Waals surface area contributed by atoms with Gasteiger partial charge in [-0.05, 0) is 50.1 Å². The van der Waals surface area contributed by atoms with Crippen LogP contribution in [-0.2, 0) is 4.79 Å². The highest BCUT2D eigenvalue weighted by atomic mass is 35.5. The Morgan fingerprint density at radius 1 is 1.08 bits per heavy atom. The smallest absolute Gasteiger partial charge is 0.230 e. The molecule has 0 unspecified atom stereocenters. The van der Waals surface area contributed by atoms with Gasteiger partial charge >= 0.3 is 0 Å². The van der Waals surface area contributed by atoms with E-state index < -0.39 is 4.33 Å². The number of anilines is 1. The van der Waals surface area contributed by atoms with Crippen LogP contribution in [0, 0.1) is 19.8 Å². The number of alkyl halides is 2. The van der Waals surface area contributed by atoms with Crippen LogP contribution < -0.4 is 5.32 Å². The summed E-state index contributed by atoms with van der Waals surface area (Å²) in [6.45, 7) is 3.97. The summed E-state index contributed by atoms with van der Waals surface area (Å²) in [5.41, 5.74) is 4.13. The van der Waals surface area contributed by atoms with E-state index >= 15 is 0 Å². The average molecular weight is 362 g/mol. The SMILES string of the molecule is Cc1ccc(N=Nc2cc(C)ccc2NC(=O)[C@@H]2CC2(Cl)Cl)cc1. The van der Waals surface area contributed by atoms with Crippen molar-refractivity contribution < 1.29 is 4.79 Å². The Kier molecular flexibility index (Phi) is 4.61. The summed E-state index contributed by atoms with van der Waals surface area (Å²) in [6, 6.07) is 13.3. The average Bonchev–Trinajstić information content (AvgIpc) is 3.18. The number of aryl methyl sites for hydroxylation is 2. The molecule has 3 rings (SSSR count). The van der Waals surface area contributed by atoms with Crippen LogP contribution in [-0.4, -0.2) is 10.2 Å².